The van der Waals surface area contributed by atoms with Gasteiger partial charge in [-0.3, -0.25) is 9.59 Å². The molecule has 3 aromatic rings. The summed E-state index contributed by atoms with van der Waals surface area (Å²) in [7, 11) is 1.58. The van der Waals surface area contributed by atoms with Crippen LogP contribution in [0.15, 0.2) is 40.8 Å². The monoisotopic (exact) mass is 510 g/mol. The molecule has 3 heterocycles. The predicted molar refractivity (Wildman–Crippen MR) is 135 cm³/mol. The van der Waals surface area contributed by atoms with Gasteiger partial charge in [0.2, 0.25) is 17.6 Å². The standard InChI is InChI=1S/C26H34N6O5/c1-17-8-13-21(37-17)24-28-30-32(29-24)16-22(33)31(15-20-7-6-14-36-20)23(25(34)27-26(2,3)4)18-9-11-19(35-5)12-10-18/h8-13,20,23H,6-7,14-16H2,1-5H3,(H,27,34)/t20-,23-/m0/s1. The lowest BCUT2D eigenvalue weighted by Crippen LogP contribution is -2.51. The number of tetrazole rings is 1. The van der Waals surface area contributed by atoms with E-state index in [0.717, 1.165) is 18.6 Å². The zero-order valence-corrected chi connectivity index (χ0v) is 21.9. The van der Waals surface area contributed by atoms with Gasteiger partial charge in [0.25, 0.3) is 0 Å². The minimum absolute atomic E-state index is 0.169. The van der Waals surface area contributed by atoms with Gasteiger partial charge in [0.15, 0.2) is 5.76 Å². The maximum Gasteiger partial charge on any atom is 0.247 e. The molecule has 1 aliphatic heterocycles. The molecule has 1 saturated heterocycles. The Bertz CT molecular complexity index is 1210. The molecule has 2 aromatic heterocycles. The summed E-state index contributed by atoms with van der Waals surface area (Å²) in [5.74, 6) is 1.50. The molecule has 0 bridgehead atoms. The van der Waals surface area contributed by atoms with Gasteiger partial charge in [-0.15, -0.1) is 10.2 Å². The Kier molecular flexibility index (Phi) is 7.91. The van der Waals surface area contributed by atoms with E-state index in [9.17, 15) is 9.59 Å². The van der Waals surface area contributed by atoms with Crippen molar-refractivity contribution >= 4 is 11.8 Å². The number of carbonyl (C=O) groups is 2. The summed E-state index contributed by atoms with van der Waals surface area (Å²) >= 11 is 0. The quantitative estimate of drug-likeness (QED) is 0.466. The first kappa shape index (κ1) is 26.3. The van der Waals surface area contributed by atoms with E-state index in [1.54, 1.807) is 48.4 Å². The third kappa shape index (κ3) is 6.73. The number of hydrogen-bond donors (Lipinski definition) is 1. The number of rotatable bonds is 9. The molecule has 2 atom stereocenters. The molecule has 0 aliphatic carbocycles. The van der Waals surface area contributed by atoms with Crippen molar-refractivity contribution in [1.29, 1.82) is 0 Å². The lowest BCUT2D eigenvalue weighted by atomic mass is 10.0. The zero-order chi connectivity index (χ0) is 26.6. The molecule has 1 N–H and O–H groups in total. The van der Waals surface area contributed by atoms with Crippen LogP contribution in [-0.4, -0.2) is 68.8 Å². The van der Waals surface area contributed by atoms with E-state index in [2.05, 4.69) is 20.7 Å². The molecule has 1 aromatic carbocycles. The summed E-state index contributed by atoms with van der Waals surface area (Å²) in [6.07, 6.45) is 1.55. The summed E-state index contributed by atoms with van der Waals surface area (Å²) in [4.78, 5) is 30.2. The number of aromatic nitrogens is 4. The first-order chi connectivity index (χ1) is 17.6. The average molecular weight is 511 g/mol. The van der Waals surface area contributed by atoms with Gasteiger partial charge in [-0.05, 0) is 75.6 Å². The number of furan rings is 1. The molecule has 37 heavy (non-hydrogen) atoms. The van der Waals surface area contributed by atoms with Gasteiger partial charge in [-0.1, -0.05) is 12.1 Å². The molecule has 198 valence electrons. The number of benzene rings is 1. The van der Waals surface area contributed by atoms with Crippen molar-refractivity contribution in [2.75, 3.05) is 20.3 Å². The molecule has 1 aliphatic rings. The molecule has 0 unspecified atom stereocenters. The van der Waals surface area contributed by atoms with Crippen LogP contribution in [-0.2, 0) is 20.9 Å². The summed E-state index contributed by atoms with van der Waals surface area (Å²) < 4.78 is 16.7. The van der Waals surface area contributed by atoms with Crippen molar-refractivity contribution < 1.29 is 23.5 Å². The van der Waals surface area contributed by atoms with Crippen molar-refractivity contribution in [3.63, 3.8) is 0 Å². The molecule has 0 saturated carbocycles. The second-order valence-electron chi connectivity index (χ2n) is 10.1. The van der Waals surface area contributed by atoms with Gasteiger partial charge in [0, 0.05) is 18.7 Å². The number of nitrogens with one attached hydrogen (secondary N) is 1. The smallest absolute Gasteiger partial charge is 0.247 e. The highest BCUT2D eigenvalue weighted by Gasteiger charge is 2.36. The Morgan fingerprint density at radius 3 is 2.57 bits per heavy atom. The first-order valence-electron chi connectivity index (χ1n) is 12.3. The van der Waals surface area contributed by atoms with Crippen LogP contribution in [0, 0.1) is 6.92 Å². The third-order valence-electron chi connectivity index (χ3n) is 5.92. The van der Waals surface area contributed by atoms with Gasteiger partial charge in [0.05, 0.1) is 13.2 Å². The Morgan fingerprint density at radius 1 is 1.22 bits per heavy atom. The van der Waals surface area contributed by atoms with Crippen LogP contribution in [0.1, 0.15) is 51.0 Å². The van der Waals surface area contributed by atoms with E-state index in [1.165, 1.54) is 4.80 Å². The highest BCUT2D eigenvalue weighted by atomic mass is 16.5. The molecule has 11 nitrogen and oxygen atoms in total. The van der Waals surface area contributed by atoms with Crippen molar-refractivity contribution in [2.45, 2.75) is 64.8 Å². The third-order valence-corrected chi connectivity index (χ3v) is 5.92. The normalized spacial score (nSPS) is 16.4. The SMILES string of the molecule is COc1ccc([C@@H](C(=O)NC(C)(C)C)N(C[C@@H]2CCCO2)C(=O)Cn2nnc(-c3ccc(C)o3)n2)cc1. The number of methoxy groups -OCH3 is 1. The molecule has 0 radical (unpaired) electrons. The minimum atomic E-state index is -0.891. The Morgan fingerprint density at radius 2 is 1.97 bits per heavy atom. The summed E-state index contributed by atoms with van der Waals surface area (Å²) in [5.41, 5.74) is 0.163. The average Bonchev–Trinajstić information content (AvgIpc) is 3.60. The minimum Gasteiger partial charge on any atom is -0.497 e. The van der Waals surface area contributed by atoms with Crippen LogP contribution in [0.5, 0.6) is 5.75 Å². The first-order valence-corrected chi connectivity index (χ1v) is 12.3. The fourth-order valence-corrected chi connectivity index (χ4v) is 4.23. The summed E-state index contributed by atoms with van der Waals surface area (Å²) in [6.45, 7) is 8.21. The van der Waals surface area contributed by atoms with E-state index >= 15 is 0 Å². The van der Waals surface area contributed by atoms with Crippen molar-refractivity contribution in [2.24, 2.45) is 0 Å². The predicted octanol–water partition coefficient (Wildman–Crippen LogP) is 2.91. The topological polar surface area (TPSA) is 125 Å². The molecule has 0 spiro atoms. The maximum absolute atomic E-state index is 13.8. The number of aryl methyl sites for hydroxylation is 1. The van der Waals surface area contributed by atoms with Gasteiger partial charge in [-0.2, -0.15) is 4.80 Å². The van der Waals surface area contributed by atoms with Crippen molar-refractivity contribution in [3.05, 3.63) is 47.7 Å². The summed E-state index contributed by atoms with van der Waals surface area (Å²) in [5, 5.41) is 15.4. The number of hydrogen-bond acceptors (Lipinski definition) is 8. The highest BCUT2D eigenvalue weighted by Crippen LogP contribution is 2.27. The lowest BCUT2D eigenvalue weighted by molar-refractivity contribution is -0.144. The number of nitrogens with zero attached hydrogens (tertiary/aromatic N) is 5. The van der Waals surface area contributed by atoms with Gasteiger partial charge >= 0.3 is 0 Å². The lowest BCUT2D eigenvalue weighted by Gasteiger charge is -2.35. The van der Waals surface area contributed by atoms with Crippen LogP contribution in [0.25, 0.3) is 11.6 Å². The summed E-state index contributed by atoms with van der Waals surface area (Å²) in [6, 6.07) is 9.81. The zero-order valence-electron chi connectivity index (χ0n) is 21.9. The second-order valence-corrected chi connectivity index (χ2v) is 10.1. The Balaban J connectivity index is 1.65. The van der Waals surface area contributed by atoms with Gasteiger partial charge in [0.1, 0.15) is 24.1 Å². The fourth-order valence-electron chi connectivity index (χ4n) is 4.23. The Hall–Kier alpha value is -3.73. The molecule has 2 amide bonds. The van der Waals surface area contributed by atoms with Crippen molar-refractivity contribution in [3.8, 4) is 17.3 Å². The van der Waals surface area contributed by atoms with Crippen LogP contribution in [0.3, 0.4) is 0 Å². The van der Waals surface area contributed by atoms with Gasteiger partial charge < -0.3 is 24.1 Å². The van der Waals surface area contributed by atoms with Gasteiger partial charge in [-0.25, -0.2) is 0 Å². The molecular weight excluding hydrogens is 476 g/mol. The van der Waals surface area contributed by atoms with E-state index in [-0.39, 0.29) is 36.8 Å². The number of amides is 2. The molecule has 4 rings (SSSR count). The van der Waals surface area contributed by atoms with E-state index in [4.69, 9.17) is 13.9 Å². The highest BCUT2D eigenvalue weighted by molar-refractivity contribution is 5.89. The van der Waals surface area contributed by atoms with Crippen LogP contribution in [0.4, 0.5) is 0 Å². The maximum atomic E-state index is 13.8. The Labute approximate surface area is 216 Å². The molecule has 1 fully saturated rings. The second kappa shape index (κ2) is 11.1. The van der Waals surface area contributed by atoms with Crippen LogP contribution in [0.2, 0.25) is 0 Å². The molecular formula is C26H34N6O5. The fraction of sp³-hybridized carbons (Fsp3) is 0.500. The van der Waals surface area contributed by atoms with Crippen LogP contribution < -0.4 is 10.1 Å². The van der Waals surface area contributed by atoms with E-state index in [1.807, 2.05) is 27.7 Å². The van der Waals surface area contributed by atoms with E-state index < -0.39 is 11.6 Å². The van der Waals surface area contributed by atoms with Crippen molar-refractivity contribution in [1.82, 2.24) is 30.4 Å². The van der Waals surface area contributed by atoms with E-state index in [0.29, 0.717) is 23.7 Å². The largest absolute Gasteiger partial charge is 0.497 e. The number of ether oxygens (including phenoxy) is 2. The van der Waals surface area contributed by atoms with Crippen LogP contribution >= 0.6 is 0 Å². The number of carbonyl (C=O) groups excluding carboxylic acids is 2. The molecule has 11 heteroatoms.